The van der Waals surface area contributed by atoms with E-state index in [1.807, 2.05) is 29.2 Å². The molecular weight excluding hydrogens is 306 g/mol. The fourth-order valence-electron chi connectivity index (χ4n) is 3.38. The summed E-state index contributed by atoms with van der Waals surface area (Å²) in [6.07, 6.45) is 1.70. The largest absolute Gasteiger partial charge is 0.493 e. The molecule has 0 aromatic heterocycles. The molecule has 1 atom stereocenters. The van der Waals surface area contributed by atoms with Crippen LogP contribution in [0.15, 0.2) is 24.3 Å². The maximum Gasteiger partial charge on any atom is 0.234 e. The van der Waals surface area contributed by atoms with E-state index in [4.69, 9.17) is 4.74 Å². The number of amides is 2. The Kier molecular flexibility index (Phi) is 5.35. The topological polar surface area (TPSA) is 61.9 Å². The van der Waals surface area contributed by atoms with Crippen LogP contribution in [-0.4, -0.2) is 60.9 Å². The monoisotopic (exact) mass is 331 g/mol. The Balaban J connectivity index is 1.54. The number of carbonyl (C=O) groups is 2. The van der Waals surface area contributed by atoms with Gasteiger partial charge in [0, 0.05) is 45.1 Å². The average Bonchev–Trinajstić information content (AvgIpc) is 2.81. The predicted molar refractivity (Wildman–Crippen MR) is 90.7 cm³/mol. The summed E-state index contributed by atoms with van der Waals surface area (Å²) in [7, 11) is 0. The lowest BCUT2D eigenvalue weighted by Gasteiger charge is -2.28. The molecule has 1 fully saturated rings. The molecule has 0 saturated carbocycles. The highest BCUT2D eigenvalue weighted by molar-refractivity contribution is 5.78. The first-order valence-electron chi connectivity index (χ1n) is 8.62. The minimum Gasteiger partial charge on any atom is -0.493 e. The van der Waals surface area contributed by atoms with Gasteiger partial charge in [0.25, 0.3) is 0 Å². The summed E-state index contributed by atoms with van der Waals surface area (Å²) in [4.78, 5) is 27.9. The lowest BCUT2D eigenvalue weighted by Crippen LogP contribution is -2.41. The van der Waals surface area contributed by atoms with E-state index >= 15 is 0 Å². The Hall–Kier alpha value is -2.08. The van der Waals surface area contributed by atoms with Crippen molar-refractivity contribution in [2.24, 2.45) is 0 Å². The molecule has 0 aliphatic carbocycles. The van der Waals surface area contributed by atoms with Crippen LogP contribution in [0.4, 0.5) is 0 Å². The smallest absolute Gasteiger partial charge is 0.234 e. The predicted octanol–water partition coefficient (Wildman–Crippen LogP) is 1.18. The zero-order valence-corrected chi connectivity index (χ0v) is 14.2. The second kappa shape index (κ2) is 7.66. The van der Waals surface area contributed by atoms with E-state index in [0.29, 0.717) is 19.7 Å². The van der Waals surface area contributed by atoms with Crippen molar-refractivity contribution in [2.45, 2.75) is 25.8 Å². The SMILES string of the molecule is CC(=O)N1CCCN(CC(=O)NC2CCOc3ccccc32)CC1. The van der Waals surface area contributed by atoms with Gasteiger partial charge in [-0.3, -0.25) is 14.5 Å². The minimum atomic E-state index is 0.0168. The third kappa shape index (κ3) is 4.06. The highest BCUT2D eigenvalue weighted by Crippen LogP contribution is 2.31. The molecule has 1 saturated heterocycles. The van der Waals surface area contributed by atoms with Gasteiger partial charge < -0.3 is 15.0 Å². The van der Waals surface area contributed by atoms with Crippen LogP contribution in [-0.2, 0) is 9.59 Å². The molecular formula is C18H25N3O3. The molecule has 6 nitrogen and oxygen atoms in total. The first-order valence-corrected chi connectivity index (χ1v) is 8.62. The van der Waals surface area contributed by atoms with Crippen LogP contribution in [0.3, 0.4) is 0 Å². The quantitative estimate of drug-likeness (QED) is 0.903. The van der Waals surface area contributed by atoms with E-state index in [9.17, 15) is 9.59 Å². The van der Waals surface area contributed by atoms with Crippen molar-refractivity contribution in [2.75, 3.05) is 39.3 Å². The number of hydrogen-bond acceptors (Lipinski definition) is 4. The second-order valence-electron chi connectivity index (χ2n) is 6.43. The molecule has 1 N–H and O–H groups in total. The number of ether oxygens (including phenoxy) is 1. The van der Waals surface area contributed by atoms with E-state index in [-0.39, 0.29) is 17.9 Å². The standard InChI is InChI=1S/C18H25N3O3/c1-14(22)21-9-4-8-20(10-11-21)13-18(23)19-16-7-12-24-17-6-3-2-5-15(16)17/h2-3,5-6,16H,4,7-13H2,1H3,(H,19,23). The number of hydrogen-bond donors (Lipinski definition) is 1. The van der Waals surface area contributed by atoms with Crippen LogP contribution in [0.2, 0.25) is 0 Å². The van der Waals surface area contributed by atoms with Crippen LogP contribution >= 0.6 is 0 Å². The number of rotatable bonds is 3. The summed E-state index contributed by atoms with van der Waals surface area (Å²) in [6.45, 7) is 5.68. The van der Waals surface area contributed by atoms with Crippen molar-refractivity contribution in [1.29, 1.82) is 0 Å². The Labute approximate surface area is 142 Å². The van der Waals surface area contributed by atoms with Crippen LogP contribution in [0.25, 0.3) is 0 Å². The number of carbonyl (C=O) groups excluding carboxylic acids is 2. The first-order chi connectivity index (χ1) is 11.6. The zero-order valence-electron chi connectivity index (χ0n) is 14.2. The Morgan fingerprint density at radius 1 is 1.21 bits per heavy atom. The summed E-state index contributed by atoms with van der Waals surface area (Å²) in [5, 5.41) is 3.14. The molecule has 2 aliphatic heterocycles. The highest BCUT2D eigenvalue weighted by atomic mass is 16.5. The zero-order chi connectivity index (χ0) is 16.9. The van der Waals surface area contributed by atoms with Crippen molar-refractivity contribution in [3.8, 4) is 5.75 Å². The van der Waals surface area contributed by atoms with Crippen molar-refractivity contribution >= 4 is 11.8 Å². The van der Waals surface area contributed by atoms with Gasteiger partial charge in [-0.2, -0.15) is 0 Å². The van der Waals surface area contributed by atoms with Crippen LogP contribution in [0.5, 0.6) is 5.75 Å². The van der Waals surface area contributed by atoms with Gasteiger partial charge in [-0.1, -0.05) is 18.2 Å². The Morgan fingerprint density at radius 2 is 2.04 bits per heavy atom. The summed E-state index contributed by atoms with van der Waals surface area (Å²) >= 11 is 0. The van der Waals surface area contributed by atoms with Gasteiger partial charge in [-0.05, 0) is 12.5 Å². The van der Waals surface area contributed by atoms with Gasteiger partial charge in [0.2, 0.25) is 11.8 Å². The molecule has 24 heavy (non-hydrogen) atoms. The molecule has 3 rings (SSSR count). The molecule has 0 bridgehead atoms. The van der Waals surface area contributed by atoms with Gasteiger partial charge in [0.1, 0.15) is 5.75 Å². The van der Waals surface area contributed by atoms with Crippen LogP contribution in [0, 0.1) is 0 Å². The van der Waals surface area contributed by atoms with Crippen molar-refractivity contribution in [3.05, 3.63) is 29.8 Å². The highest BCUT2D eigenvalue weighted by Gasteiger charge is 2.24. The fraction of sp³-hybridized carbons (Fsp3) is 0.556. The summed E-state index contributed by atoms with van der Waals surface area (Å²) < 4.78 is 5.64. The van der Waals surface area contributed by atoms with E-state index in [1.165, 1.54) is 0 Å². The molecule has 1 aromatic rings. The van der Waals surface area contributed by atoms with Gasteiger partial charge in [0.15, 0.2) is 0 Å². The van der Waals surface area contributed by atoms with E-state index in [1.54, 1.807) is 6.92 Å². The second-order valence-corrected chi connectivity index (χ2v) is 6.43. The van der Waals surface area contributed by atoms with Crippen LogP contribution in [0.1, 0.15) is 31.4 Å². The van der Waals surface area contributed by atoms with Gasteiger partial charge in [0.05, 0.1) is 19.2 Å². The van der Waals surface area contributed by atoms with Gasteiger partial charge >= 0.3 is 0 Å². The number of nitrogens with zero attached hydrogens (tertiary/aromatic N) is 2. The molecule has 1 aromatic carbocycles. The summed E-state index contributed by atoms with van der Waals surface area (Å²) in [5.74, 6) is 1.01. The Morgan fingerprint density at radius 3 is 2.88 bits per heavy atom. The fourth-order valence-corrected chi connectivity index (χ4v) is 3.38. The maximum absolute atomic E-state index is 12.4. The number of nitrogens with one attached hydrogen (secondary N) is 1. The average molecular weight is 331 g/mol. The Bertz CT molecular complexity index is 605. The van der Waals surface area contributed by atoms with Crippen molar-refractivity contribution in [3.63, 3.8) is 0 Å². The van der Waals surface area contributed by atoms with Gasteiger partial charge in [-0.25, -0.2) is 0 Å². The third-order valence-corrected chi connectivity index (χ3v) is 4.69. The van der Waals surface area contributed by atoms with Crippen molar-refractivity contribution in [1.82, 2.24) is 15.1 Å². The summed E-state index contributed by atoms with van der Waals surface area (Å²) in [6, 6.07) is 7.89. The summed E-state index contributed by atoms with van der Waals surface area (Å²) in [5.41, 5.74) is 1.05. The third-order valence-electron chi connectivity index (χ3n) is 4.69. The van der Waals surface area contributed by atoms with E-state index < -0.39 is 0 Å². The maximum atomic E-state index is 12.4. The number of fused-ring (bicyclic) bond motifs is 1. The van der Waals surface area contributed by atoms with Crippen LogP contribution < -0.4 is 10.1 Å². The lowest BCUT2D eigenvalue weighted by molar-refractivity contribution is -0.128. The minimum absolute atomic E-state index is 0.0168. The number of benzene rings is 1. The molecule has 6 heteroatoms. The molecule has 0 spiro atoms. The van der Waals surface area contributed by atoms with E-state index in [0.717, 1.165) is 43.8 Å². The number of para-hydroxylation sites is 1. The molecule has 130 valence electrons. The lowest BCUT2D eigenvalue weighted by atomic mass is 10.0. The van der Waals surface area contributed by atoms with Gasteiger partial charge in [-0.15, -0.1) is 0 Å². The molecule has 1 unspecified atom stereocenters. The molecule has 2 heterocycles. The first kappa shape index (κ1) is 16.8. The molecule has 2 amide bonds. The normalized spacial score (nSPS) is 21.4. The molecule has 2 aliphatic rings. The van der Waals surface area contributed by atoms with Crippen molar-refractivity contribution < 1.29 is 14.3 Å². The molecule has 0 radical (unpaired) electrons. The van der Waals surface area contributed by atoms with E-state index in [2.05, 4.69) is 10.2 Å².